The van der Waals surface area contributed by atoms with Crippen LogP contribution in [-0.2, 0) is 16.0 Å². The second-order valence-electron chi connectivity index (χ2n) is 8.68. The summed E-state index contributed by atoms with van der Waals surface area (Å²) in [5.41, 5.74) is 5.95. The van der Waals surface area contributed by atoms with Gasteiger partial charge >= 0.3 is 0 Å². The van der Waals surface area contributed by atoms with Crippen LogP contribution >= 0.6 is 0 Å². The maximum absolute atomic E-state index is 12.6. The van der Waals surface area contributed by atoms with Crippen LogP contribution in [0, 0.1) is 13.8 Å². The van der Waals surface area contributed by atoms with Gasteiger partial charge in [0.25, 0.3) is 0 Å². The number of fused-ring (bicyclic) bond motifs is 1. The molecule has 2 amide bonds. The fourth-order valence-electron chi connectivity index (χ4n) is 4.58. The molecule has 1 fully saturated rings. The Kier molecular flexibility index (Phi) is 6.21. The van der Waals surface area contributed by atoms with Crippen LogP contribution in [0.3, 0.4) is 0 Å². The van der Waals surface area contributed by atoms with Gasteiger partial charge in [-0.2, -0.15) is 5.10 Å². The van der Waals surface area contributed by atoms with E-state index >= 15 is 0 Å². The second kappa shape index (κ2) is 9.02. The first-order valence-electron chi connectivity index (χ1n) is 11.2. The molecule has 6 heteroatoms. The van der Waals surface area contributed by atoms with E-state index in [-0.39, 0.29) is 17.9 Å². The first-order valence-corrected chi connectivity index (χ1v) is 11.2. The van der Waals surface area contributed by atoms with Crippen molar-refractivity contribution in [3.8, 4) is 5.69 Å². The standard InChI is InChI=1S/C24H32N4O2/c1-17-11-12-19(15-18(17)2)28-22-8-5-7-21(20(22)16-25-28)26-23(29)9-6-14-27-13-4-3-10-24(27)30/h11-12,15-16,21H,3-10,13-14H2,1-2H3,(H,26,29)/t21-/m1/s1. The number of amides is 2. The molecule has 0 unspecified atom stereocenters. The molecular formula is C24H32N4O2. The van der Waals surface area contributed by atoms with E-state index in [1.807, 2.05) is 15.8 Å². The Labute approximate surface area is 178 Å². The number of piperidine rings is 1. The zero-order valence-corrected chi connectivity index (χ0v) is 18.1. The van der Waals surface area contributed by atoms with E-state index < -0.39 is 0 Å². The van der Waals surface area contributed by atoms with Crippen LogP contribution in [-0.4, -0.2) is 39.6 Å². The van der Waals surface area contributed by atoms with Crippen molar-refractivity contribution in [3.05, 3.63) is 46.8 Å². The quantitative estimate of drug-likeness (QED) is 0.791. The van der Waals surface area contributed by atoms with Crippen molar-refractivity contribution >= 4 is 11.8 Å². The number of likely N-dealkylation sites (tertiary alicyclic amines) is 1. The van der Waals surface area contributed by atoms with E-state index in [4.69, 9.17) is 0 Å². The van der Waals surface area contributed by atoms with Crippen LogP contribution in [0.4, 0.5) is 0 Å². The molecule has 30 heavy (non-hydrogen) atoms. The van der Waals surface area contributed by atoms with Gasteiger partial charge in [-0.25, -0.2) is 4.68 Å². The molecule has 2 aliphatic rings. The van der Waals surface area contributed by atoms with Crippen molar-refractivity contribution in [1.29, 1.82) is 0 Å². The molecule has 2 heterocycles. The van der Waals surface area contributed by atoms with E-state index in [1.54, 1.807) is 0 Å². The zero-order chi connectivity index (χ0) is 21.1. The van der Waals surface area contributed by atoms with Gasteiger partial charge in [0.2, 0.25) is 11.8 Å². The second-order valence-corrected chi connectivity index (χ2v) is 8.68. The third kappa shape index (κ3) is 4.42. The van der Waals surface area contributed by atoms with Crippen molar-refractivity contribution in [2.24, 2.45) is 0 Å². The Morgan fingerprint density at radius 2 is 2.03 bits per heavy atom. The fourth-order valence-corrected chi connectivity index (χ4v) is 4.58. The number of hydrogen-bond donors (Lipinski definition) is 1. The number of nitrogens with one attached hydrogen (secondary N) is 1. The van der Waals surface area contributed by atoms with Crippen molar-refractivity contribution in [2.75, 3.05) is 13.1 Å². The molecule has 0 radical (unpaired) electrons. The summed E-state index contributed by atoms with van der Waals surface area (Å²) in [6.07, 6.45) is 8.79. The summed E-state index contributed by atoms with van der Waals surface area (Å²) in [5, 5.41) is 7.86. The highest BCUT2D eigenvalue weighted by atomic mass is 16.2. The van der Waals surface area contributed by atoms with Gasteiger partial charge in [-0.15, -0.1) is 0 Å². The summed E-state index contributed by atoms with van der Waals surface area (Å²) in [6, 6.07) is 6.44. The van der Waals surface area contributed by atoms with Gasteiger partial charge in [0.05, 0.1) is 17.9 Å². The number of aryl methyl sites for hydroxylation is 2. The molecule has 1 aromatic carbocycles. The Bertz CT molecular complexity index is 933. The van der Waals surface area contributed by atoms with Crippen molar-refractivity contribution in [1.82, 2.24) is 20.0 Å². The number of aromatic nitrogens is 2. The minimum Gasteiger partial charge on any atom is -0.349 e. The van der Waals surface area contributed by atoms with Gasteiger partial charge in [0.1, 0.15) is 0 Å². The number of benzene rings is 1. The summed E-state index contributed by atoms with van der Waals surface area (Å²) in [5.74, 6) is 0.300. The molecule has 6 nitrogen and oxygen atoms in total. The van der Waals surface area contributed by atoms with Crippen molar-refractivity contribution in [2.45, 2.75) is 71.3 Å². The third-order valence-corrected chi connectivity index (χ3v) is 6.51. The van der Waals surface area contributed by atoms with Gasteiger partial charge in [-0.1, -0.05) is 6.07 Å². The van der Waals surface area contributed by atoms with Crippen LogP contribution in [0.1, 0.15) is 73.4 Å². The number of hydrogen-bond acceptors (Lipinski definition) is 3. The molecule has 160 valence electrons. The van der Waals surface area contributed by atoms with Gasteiger partial charge in [0, 0.05) is 37.2 Å². The van der Waals surface area contributed by atoms with Gasteiger partial charge in [-0.3, -0.25) is 9.59 Å². The molecule has 1 aliphatic heterocycles. The Morgan fingerprint density at radius 1 is 1.17 bits per heavy atom. The molecule has 1 atom stereocenters. The molecule has 0 bridgehead atoms. The summed E-state index contributed by atoms with van der Waals surface area (Å²) in [4.78, 5) is 26.4. The lowest BCUT2D eigenvalue weighted by atomic mass is 9.92. The smallest absolute Gasteiger partial charge is 0.222 e. The van der Waals surface area contributed by atoms with Crippen LogP contribution < -0.4 is 5.32 Å². The van der Waals surface area contributed by atoms with Crippen LogP contribution in [0.2, 0.25) is 0 Å². The molecule has 0 spiro atoms. The predicted molar refractivity (Wildman–Crippen MR) is 117 cm³/mol. The third-order valence-electron chi connectivity index (χ3n) is 6.51. The van der Waals surface area contributed by atoms with E-state index in [0.717, 1.165) is 56.3 Å². The van der Waals surface area contributed by atoms with Crippen molar-refractivity contribution < 1.29 is 9.59 Å². The molecule has 4 rings (SSSR count). The minimum atomic E-state index is 0.0261. The number of nitrogens with zero attached hydrogens (tertiary/aromatic N) is 3. The van der Waals surface area contributed by atoms with E-state index in [9.17, 15) is 9.59 Å². The highest BCUT2D eigenvalue weighted by Crippen LogP contribution is 2.31. The van der Waals surface area contributed by atoms with E-state index in [2.05, 4.69) is 42.5 Å². The molecule has 1 N–H and O–H groups in total. The largest absolute Gasteiger partial charge is 0.349 e. The molecule has 0 saturated carbocycles. The fraction of sp³-hybridized carbons (Fsp3) is 0.542. The van der Waals surface area contributed by atoms with Gasteiger partial charge in [0.15, 0.2) is 0 Å². The molecule has 2 aromatic rings. The zero-order valence-electron chi connectivity index (χ0n) is 18.1. The summed E-state index contributed by atoms with van der Waals surface area (Å²) in [6.45, 7) is 5.76. The lowest BCUT2D eigenvalue weighted by Crippen LogP contribution is -2.37. The number of carbonyl (C=O) groups is 2. The molecule has 1 aromatic heterocycles. The summed E-state index contributed by atoms with van der Waals surface area (Å²) < 4.78 is 2.03. The maximum Gasteiger partial charge on any atom is 0.222 e. The van der Waals surface area contributed by atoms with Crippen LogP contribution in [0.15, 0.2) is 24.4 Å². The lowest BCUT2D eigenvalue weighted by Gasteiger charge is -2.27. The Morgan fingerprint density at radius 3 is 2.83 bits per heavy atom. The van der Waals surface area contributed by atoms with Crippen LogP contribution in [0.5, 0.6) is 0 Å². The Hall–Kier alpha value is -2.63. The summed E-state index contributed by atoms with van der Waals surface area (Å²) in [7, 11) is 0. The van der Waals surface area contributed by atoms with E-state index in [0.29, 0.717) is 19.4 Å². The first-order chi connectivity index (χ1) is 14.5. The topological polar surface area (TPSA) is 67.2 Å². The van der Waals surface area contributed by atoms with Crippen molar-refractivity contribution in [3.63, 3.8) is 0 Å². The monoisotopic (exact) mass is 408 g/mol. The highest BCUT2D eigenvalue weighted by Gasteiger charge is 2.26. The molecular weight excluding hydrogens is 376 g/mol. The average molecular weight is 409 g/mol. The first kappa shape index (κ1) is 20.6. The predicted octanol–water partition coefficient (Wildman–Crippen LogP) is 3.78. The SMILES string of the molecule is Cc1ccc(-n2ncc3c2CCC[C@H]3NC(=O)CCCN2CCCCC2=O)cc1C. The number of rotatable bonds is 6. The normalized spacial score (nSPS) is 18.9. The molecule has 1 saturated heterocycles. The van der Waals surface area contributed by atoms with Gasteiger partial charge in [-0.05, 0) is 75.6 Å². The van der Waals surface area contributed by atoms with Gasteiger partial charge < -0.3 is 10.2 Å². The summed E-state index contributed by atoms with van der Waals surface area (Å²) >= 11 is 0. The van der Waals surface area contributed by atoms with E-state index in [1.165, 1.54) is 16.8 Å². The minimum absolute atomic E-state index is 0.0261. The Balaban J connectivity index is 1.37. The van der Waals surface area contributed by atoms with Crippen LogP contribution in [0.25, 0.3) is 5.69 Å². The average Bonchev–Trinajstić information content (AvgIpc) is 3.17. The maximum atomic E-state index is 12.6. The highest BCUT2D eigenvalue weighted by molar-refractivity contribution is 5.78. The number of carbonyl (C=O) groups excluding carboxylic acids is 2. The molecule has 1 aliphatic carbocycles. The lowest BCUT2D eigenvalue weighted by molar-refractivity contribution is -0.133.